The van der Waals surface area contributed by atoms with Crippen LogP contribution in [0.3, 0.4) is 0 Å². The van der Waals surface area contributed by atoms with Crippen LogP contribution in [0.25, 0.3) is 10.8 Å². The van der Waals surface area contributed by atoms with Crippen LogP contribution in [-0.2, 0) is 9.53 Å². The van der Waals surface area contributed by atoms with Crippen molar-refractivity contribution in [3.63, 3.8) is 0 Å². The Labute approximate surface area is 176 Å². The predicted octanol–water partition coefficient (Wildman–Crippen LogP) is 2.62. The van der Waals surface area contributed by atoms with Crippen LogP contribution in [0, 0.1) is 0 Å². The average molecular weight is 415 g/mol. The van der Waals surface area contributed by atoms with Crippen molar-refractivity contribution in [2.24, 2.45) is 5.84 Å². The maximum absolute atomic E-state index is 12.6. The van der Waals surface area contributed by atoms with Crippen LogP contribution in [0.2, 0.25) is 0 Å². The summed E-state index contributed by atoms with van der Waals surface area (Å²) in [4.78, 5) is 36.3. The summed E-state index contributed by atoms with van der Waals surface area (Å²) in [6.45, 7) is 5.78. The SMILES string of the molecule is CC(C)(C)OC(=O)NCCCC[C@H](NC(=O)c1ccc2ccccc2c1)C(=O)NN. The van der Waals surface area contributed by atoms with E-state index in [1.54, 1.807) is 32.9 Å². The van der Waals surface area contributed by atoms with Gasteiger partial charge in [-0.05, 0) is 62.9 Å². The molecule has 0 radical (unpaired) electrons. The zero-order valence-corrected chi connectivity index (χ0v) is 17.7. The van der Waals surface area contributed by atoms with Crippen LogP contribution < -0.4 is 21.9 Å². The number of hydrogen-bond acceptors (Lipinski definition) is 5. The number of ether oxygens (including phenoxy) is 1. The largest absolute Gasteiger partial charge is 0.444 e. The highest BCUT2D eigenvalue weighted by molar-refractivity contribution is 6.00. The molecule has 0 saturated heterocycles. The van der Waals surface area contributed by atoms with Crippen LogP contribution in [0.15, 0.2) is 42.5 Å². The molecule has 2 rings (SSSR count). The number of nitrogens with one attached hydrogen (secondary N) is 3. The maximum Gasteiger partial charge on any atom is 0.407 e. The molecule has 2 aromatic carbocycles. The molecule has 0 aliphatic heterocycles. The number of fused-ring (bicyclic) bond motifs is 1. The van der Waals surface area contributed by atoms with E-state index in [1.807, 2.05) is 30.3 Å². The molecule has 0 heterocycles. The first kappa shape index (κ1) is 23.2. The Hall–Kier alpha value is -3.13. The smallest absolute Gasteiger partial charge is 0.407 e. The third-order valence-electron chi connectivity index (χ3n) is 4.36. The van der Waals surface area contributed by atoms with Gasteiger partial charge in [0.2, 0.25) is 0 Å². The number of carbonyl (C=O) groups excluding carboxylic acids is 3. The highest BCUT2D eigenvalue weighted by atomic mass is 16.6. The van der Waals surface area contributed by atoms with E-state index in [1.165, 1.54) is 0 Å². The minimum Gasteiger partial charge on any atom is -0.444 e. The second-order valence-corrected chi connectivity index (χ2v) is 8.02. The van der Waals surface area contributed by atoms with Gasteiger partial charge in [-0.15, -0.1) is 0 Å². The highest BCUT2D eigenvalue weighted by Crippen LogP contribution is 2.16. The molecule has 2 aromatic rings. The third-order valence-corrected chi connectivity index (χ3v) is 4.36. The van der Waals surface area contributed by atoms with E-state index in [-0.39, 0.29) is 5.91 Å². The predicted molar refractivity (Wildman–Crippen MR) is 116 cm³/mol. The number of amides is 3. The van der Waals surface area contributed by atoms with E-state index in [4.69, 9.17) is 10.6 Å². The fourth-order valence-corrected chi connectivity index (χ4v) is 2.92. The summed E-state index contributed by atoms with van der Waals surface area (Å²) in [6, 6.07) is 12.3. The molecule has 0 fully saturated rings. The summed E-state index contributed by atoms with van der Waals surface area (Å²) >= 11 is 0. The van der Waals surface area contributed by atoms with Gasteiger partial charge >= 0.3 is 6.09 Å². The van der Waals surface area contributed by atoms with Gasteiger partial charge < -0.3 is 15.4 Å². The van der Waals surface area contributed by atoms with E-state index in [0.717, 1.165) is 10.8 Å². The fourth-order valence-electron chi connectivity index (χ4n) is 2.92. The van der Waals surface area contributed by atoms with E-state index in [9.17, 15) is 14.4 Å². The van der Waals surface area contributed by atoms with Crippen LogP contribution in [0.5, 0.6) is 0 Å². The van der Waals surface area contributed by atoms with Crippen molar-refractivity contribution in [1.29, 1.82) is 0 Å². The Morgan fingerprint density at radius 2 is 1.73 bits per heavy atom. The first-order valence-corrected chi connectivity index (χ1v) is 9.96. The Bertz CT molecular complexity index is 892. The quantitative estimate of drug-likeness (QED) is 0.229. The van der Waals surface area contributed by atoms with Crippen LogP contribution >= 0.6 is 0 Å². The molecular weight excluding hydrogens is 384 g/mol. The monoisotopic (exact) mass is 414 g/mol. The summed E-state index contributed by atoms with van der Waals surface area (Å²) in [5.41, 5.74) is 2.01. The maximum atomic E-state index is 12.6. The average Bonchev–Trinajstić information content (AvgIpc) is 2.70. The van der Waals surface area contributed by atoms with Gasteiger partial charge in [0.05, 0.1) is 0 Å². The van der Waals surface area contributed by atoms with Gasteiger partial charge in [0.25, 0.3) is 11.8 Å². The zero-order valence-electron chi connectivity index (χ0n) is 17.7. The molecule has 0 spiro atoms. The number of nitrogens with two attached hydrogens (primary N) is 1. The minimum atomic E-state index is -0.768. The van der Waals surface area contributed by atoms with E-state index < -0.39 is 23.6 Å². The van der Waals surface area contributed by atoms with Crippen molar-refractivity contribution in [1.82, 2.24) is 16.1 Å². The van der Waals surface area contributed by atoms with Gasteiger partial charge in [0, 0.05) is 12.1 Å². The molecule has 0 bridgehead atoms. The molecule has 0 aliphatic rings. The lowest BCUT2D eigenvalue weighted by Gasteiger charge is -2.20. The molecule has 8 nitrogen and oxygen atoms in total. The molecule has 0 saturated carbocycles. The molecule has 0 aromatic heterocycles. The molecule has 3 amide bonds. The van der Waals surface area contributed by atoms with Crippen molar-refractivity contribution >= 4 is 28.7 Å². The molecule has 1 atom stereocenters. The van der Waals surface area contributed by atoms with Crippen molar-refractivity contribution in [2.75, 3.05) is 6.54 Å². The lowest BCUT2D eigenvalue weighted by atomic mass is 10.1. The molecule has 162 valence electrons. The van der Waals surface area contributed by atoms with Crippen molar-refractivity contribution in [2.45, 2.75) is 51.7 Å². The van der Waals surface area contributed by atoms with Gasteiger partial charge in [-0.2, -0.15) is 0 Å². The number of rotatable bonds is 8. The molecular formula is C22H30N4O4. The second-order valence-electron chi connectivity index (χ2n) is 8.02. The van der Waals surface area contributed by atoms with Gasteiger partial charge in [0.1, 0.15) is 11.6 Å². The number of carbonyl (C=O) groups is 3. The van der Waals surface area contributed by atoms with Crippen LogP contribution in [0.4, 0.5) is 4.79 Å². The first-order chi connectivity index (χ1) is 14.2. The van der Waals surface area contributed by atoms with Gasteiger partial charge in [-0.1, -0.05) is 30.3 Å². The number of hydrazine groups is 1. The summed E-state index contributed by atoms with van der Waals surface area (Å²) in [7, 11) is 0. The van der Waals surface area contributed by atoms with Crippen molar-refractivity contribution in [3.05, 3.63) is 48.0 Å². The van der Waals surface area contributed by atoms with Gasteiger partial charge in [0.15, 0.2) is 0 Å². The van der Waals surface area contributed by atoms with Gasteiger partial charge in [-0.3, -0.25) is 15.0 Å². The minimum absolute atomic E-state index is 0.346. The first-order valence-electron chi connectivity index (χ1n) is 9.96. The Morgan fingerprint density at radius 1 is 1.03 bits per heavy atom. The normalized spacial score (nSPS) is 12.1. The van der Waals surface area contributed by atoms with Crippen molar-refractivity contribution in [3.8, 4) is 0 Å². The summed E-state index contributed by atoms with van der Waals surface area (Å²) in [5.74, 6) is 4.45. The van der Waals surface area contributed by atoms with Crippen molar-refractivity contribution < 1.29 is 19.1 Å². The third kappa shape index (κ3) is 7.36. The summed E-state index contributed by atoms with van der Waals surface area (Å²) in [6.07, 6.45) is 1.13. The number of unbranched alkanes of at least 4 members (excludes halogenated alkanes) is 1. The van der Waals surface area contributed by atoms with E-state index in [0.29, 0.717) is 31.4 Å². The second kappa shape index (κ2) is 10.6. The molecule has 5 N–H and O–H groups in total. The molecule has 0 unspecified atom stereocenters. The van der Waals surface area contributed by atoms with Crippen LogP contribution in [-0.4, -0.2) is 36.1 Å². The standard InChI is InChI=1S/C22H30N4O4/c1-22(2,3)30-21(29)24-13-7-6-10-18(20(28)26-23)25-19(27)17-12-11-15-8-4-5-9-16(15)14-17/h4-5,8-9,11-12,14,18H,6-7,10,13,23H2,1-3H3,(H,24,29)(H,25,27)(H,26,28)/t18-/m0/s1. The molecule has 8 heteroatoms. The fraction of sp³-hybridized carbons (Fsp3) is 0.409. The Kier molecular flexibility index (Phi) is 8.17. The van der Waals surface area contributed by atoms with Gasteiger partial charge in [-0.25, -0.2) is 10.6 Å². The van der Waals surface area contributed by atoms with E-state index >= 15 is 0 Å². The number of hydrogen-bond donors (Lipinski definition) is 4. The topological polar surface area (TPSA) is 123 Å². The Morgan fingerprint density at radius 3 is 2.40 bits per heavy atom. The lowest BCUT2D eigenvalue weighted by Crippen LogP contribution is -2.49. The zero-order chi connectivity index (χ0) is 22.1. The van der Waals surface area contributed by atoms with Crippen LogP contribution in [0.1, 0.15) is 50.4 Å². The Balaban J connectivity index is 1.87. The lowest BCUT2D eigenvalue weighted by molar-refractivity contribution is -0.123. The number of alkyl carbamates (subject to hydrolysis) is 1. The summed E-state index contributed by atoms with van der Waals surface area (Å²) in [5, 5.41) is 7.38. The molecule has 30 heavy (non-hydrogen) atoms. The number of benzene rings is 2. The van der Waals surface area contributed by atoms with E-state index in [2.05, 4.69) is 16.1 Å². The highest BCUT2D eigenvalue weighted by Gasteiger charge is 2.21. The molecule has 0 aliphatic carbocycles. The summed E-state index contributed by atoms with van der Waals surface area (Å²) < 4.78 is 5.17.